The van der Waals surface area contributed by atoms with E-state index in [-0.39, 0.29) is 11.5 Å². The minimum Gasteiger partial charge on any atom is -0.326 e. The van der Waals surface area contributed by atoms with Crippen LogP contribution in [0.2, 0.25) is 0 Å². The molecule has 0 atom stereocenters. The van der Waals surface area contributed by atoms with Gasteiger partial charge in [-0.3, -0.25) is 9.59 Å². The molecule has 98 valence electrons. The van der Waals surface area contributed by atoms with Crippen LogP contribution in [-0.2, 0) is 4.79 Å². The highest BCUT2D eigenvalue weighted by Crippen LogP contribution is 2.19. The minimum atomic E-state index is -0.240. The Morgan fingerprint density at radius 3 is 2.84 bits per heavy atom. The number of benzene rings is 1. The van der Waals surface area contributed by atoms with Crippen molar-refractivity contribution in [3.8, 4) is 11.3 Å². The third kappa shape index (κ3) is 3.51. The van der Waals surface area contributed by atoms with E-state index in [0.29, 0.717) is 12.1 Å². The summed E-state index contributed by atoms with van der Waals surface area (Å²) in [6, 6.07) is 10.4. The van der Waals surface area contributed by atoms with E-state index >= 15 is 0 Å². The van der Waals surface area contributed by atoms with Gasteiger partial charge in [0.2, 0.25) is 5.91 Å². The number of amides is 1. The van der Waals surface area contributed by atoms with Crippen molar-refractivity contribution in [1.82, 2.24) is 10.2 Å². The van der Waals surface area contributed by atoms with Crippen molar-refractivity contribution >= 4 is 11.6 Å². The van der Waals surface area contributed by atoms with Crippen molar-refractivity contribution in [1.29, 1.82) is 0 Å². The molecule has 0 aliphatic heterocycles. The van der Waals surface area contributed by atoms with Gasteiger partial charge in [-0.15, -0.1) is 0 Å². The monoisotopic (exact) mass is 257 g/mol. The van der Waals surface area contributed by atoms with Crippen LogP contribution in [0.4, 0.5) is 5.69 Å². The van der Waals surface area contributed by atoms with Crippen molar-refractivity contribution in [3.05, 3.63) is 46.8 Å². The molecule has 1 amide bonds. The second-order valence-corrected chi connectivity index (χ2v) is 4.19. The molecule has 2 rings (SSSR count). The van der Waals surface area contributed by atoms with E-state index < -0.39 is 0 Å². The number of nitrogens with zero attached hydrogens (tertiary/aromatic N) is 1. The molecule has 1 aromatic carbocycles. The second kappa shape index (κ2) is 5.95. The number of anilines is 1. The van der Waals surface area contributed by atoms with Crippen LogP contribution in [0.1, 0.15) is 19.8 Å². The van der Waals surface area contributed by atoms with Gasteiger partial charge < -0.3 is 5.32 Å². The van der Waals surface area contributed by atoms with Gasteiger partial charge in [0.1, 0.15) is 0 Å². The summed E-state index contributed by atoms with van der Waals surface area (Å²) in [6.45, 7) is 1.96. The molecule has 5 nitrogen and oxygen atoms in total. The van der Waals surface area contributed by atoms with Gasteiger partial charge >= 0.3 is 0 Å². The number of rotatable bonds is 4. The lowest BCUT2D eigenvalue weighted by Gasteiger charge is -2.06. The highest BCUT2D eigenvalue weighted by molar-refractivity contribution is 5.91. The standard InChI is InChI=1S/C14H15N3O2/c1-2-4-13(18)15-11-6-3-5-10(9-11)12-7-8-14(19)17-16-12/h3,5-9H,2,4H2,1H3,(H,15,18)(H,17,19). The zero-order chi connectivity index (χ0) is 13.7. The fourth-order valence-corrected chi connectivity index (χ4v) is 1.71. The molecule has 5 heteroatoms. The number of hydrogen-bond acceptors (Lipinski definition) is 3. The molecule has 0 spiro atoms. The first-order chi connectivity index (χ1) is 9.19. The molecule has 0 bridgehead atoms. The highest BCUT2D eigenvalue weighted by Gasteiger charge is 2.03. The second-order valence-electron chi connectivity index (χ2n) is 4.19. The Labute approximate surface area is 110 Å². The van der Waals surface area contributed by atoms with Crippen LogP contribution in [-0.4, -0.2) is 16.1 Å². The molecule has 0 aliphatic rings. The predicted octanol–water partition coefficient (Wildman–Crippen LogP) is 2.18. The SMILES string of the molecule is CCCC(=O)Nc1cccc(-c2ccc(=O)[nH]n2)c1. The average Bonchev–Trinajstić information content (AvgIpc) is 2.40. The van der Waals surface area contributed by atoms with Gasteiger partial charge in [0.15, 0.2) is 0 Å². The van der Waals surface area contributed by atoms with Crippen molar-refractivity contribution in [2.75, 3.05) is 5.32 Å². The molecule has 0 radical (unpaired) electrons. The quantitative estimate of drug-likeness (QED) is 0.881. The lowest BCUT2D eigenvalue weighted by atomic mass is 10.1. The van der Waals surface area contributed by atoms with Crippen molar-refractivity contribution in [3.63, 3.8) is 0 Å². The summed E-state index contributed by atoms with van der Waals surface area (Å²) in [5.74, 6) is -0.00548. The van der Waals surface area contributed by atoms with Crippen LogP contribution in [0.3, 0.4) is 0 Å². The molecule has 19 heavy (non-hydrogen) atoms. The first-order valence-electron chi connectivity index (χ1n) is 6.15. The fourth-order valence-electron chi connectivity index (χ4n) is 1.71. The van der Waals surface area contributed by atoms with Gasteiger partial charge in [-0.05, 0) is 24.6 Å². The molecule has 2 aromatic rings. The first kappa shape index (κ1) is 13.0. The maximum absolute atomic E-state index is 11.5. The van der Waals surface area contributed by atoms with Crippen LogP contribution in [0.15, 0.2) is 41.2 Å². The first-order valence-corrected chi connectivity index (χ1v) is 6.15. The molecular formula is C14H15N3O2. The van der Waals surface area contributed by atoms with Crippen LogP contribution in [0, 0.1) is 0 Å². The van der Waals surface area contributed by atoms with Gasteiger partial charge in [-0.2, -0.15) is 5.10 Å². The zero-order valence-electron chi connectivity index (χ0n) is 10.6. The normalized spacial score (nSPS) is 10.2. The van der Waals surface area contributed by atoms with Crippen molar-refractivity contribution in [2.24, 2.45) is 0 Å². The predicted molar refractivity (Wildman–Crippen MR) is 73.8 cm³/mol. The number of aromatic amines is 1. The van der Waals surface area contributed by atoms with Gasteiger partial charge in [0, 0.05) is 23.7 Å². The Morgan fingerprint density at radius 1 is 1.32 bits per heavy atom. The lowest BCUT2D eigenvalue weighted by Crippen LogP contribution is -2.10. The number of hydrogen-bond donors (Lipinski definition) is 2. The molecule has 0 unspecified atom stereocenters. The largest absolute Gasteiger partial charge is 0.326 e. The number of carbonyl (C=O) groups excluding carboxylic acids is 1. The molecule has 0 fully saturated rings. The van der Waals surface area contributed by atoms with E-state index in [1.807, 2.05) is 31.2 Å². The Morgan fingerprint density at radius 2 is 2.16 bits per heavy atom. The number of carbonyl (C=O) groups is 1. The lowest BCUT2D eigenvalue weighted by molar-refractivity contribution is -0.116. The maximum atomic E-state index is 11.5. The molecule has 0 aliphatic carbocycles. The molecular weight excluding hydrogens is 242 g/mol. The van der Waals surface area contributed by atoms with E-state index in [1.54, 1.807) is 6.07 Å². The zero-order valence-corrected chi connectivity index (χ0v) is 10.6. The smallest absolute Gasteiger partial charge is 0.264 e. The molecule has 1 aromatic heterocycles. The molecule has 2 N–H and O–H groups in total. The van der Waals surface area contributed by atoms with Crippen molar-refractivity contribution in [2.45, 2.75) is 19.8 Å². The Hall–Kier alpha value is -2.43. The maximum Gasteiger partial charge on any atom is 0.264 e. The van der Waals surface area contributed by atoms with E-state index in [9.17, 15) is 9.59 Å². The summed E-state index contributed by atoms with van der Waals surface area (Å²) in [5, 5.41) is 9.17. The Balaban J connectivity index is 2.21. The minimum absolute atomic E-state index is 0.00548. The van der Waals surface area contributed by atoms with Gasteiger partial charge in [-0.25, -0.2) is 5.10 Å². The topological polar surface area (TPSA) is 74.8 Å². The number of aromatic nitrogens is 2. The van der Waals surface area contributed by atoms with Crippen molar-refractivity contribution < 1.29 is 4.79 Å². The molecule has 0 saturated carbocycles. The van der Waals surface area contributed by atoms with E-state index in [0.717, 1.165) is 17.7 Å². The van der Waals surface area contributed by atoms with Gasteiger partial charge in [0.25, 0.3) is 5.56 Å². The summed E-state index contributed by atoms with van der Waals surface area (Å²) in [6.07, 6.45) is 1.31. The van der Waals surface area contributed by atoms with Gasteiger partial charge in [0.05, 0.1) is 5.69 Å². The van der Waals surface area contributed by atoms with E-state index in [4.69, 9.17) is 0 Å². The third-order valence-corrected chi connectivity index (χ3v) is 2.60. The summed E-state index contributed by atoms with van der Waals surface area (Å²) in [7, 11) is 0. The summed E-state index contributed by atoms with van der Waals surface area (Å²) in [4.78, 5) is 22.5. The molecule has 0 saturated heterocycles. The fraction of sp³-hybridized carbons (Fsp3) is 0.214. The number of nitrogens with one attached hydrogen (secondary N) is 2. The Bertz CT molecular complexity index is 614. The summed E-state index contributed by atoms with van der Waals surface area (Å²) in [5.41, 5.74) is 1.98. The van der Waals surface area contributed by atoms with E-state index in [2.05, 4.69) is 15.5 Å². The summed E-state index contributed by atoms with van der Waals surface area (Å²) >= 11 is 0. The highest BCUT2D eigenvalue weighted by atomic mass is 16.1. The van der Waals surface area contributed by atoms with Gasteiger partial charge in [-0.1, -0.05) is 19.1 Å². The molecule has 1 heterocycles. The number of H-pyrrole nitrogens is 1. The Kier molecular flexibility index (Phi) is 4.07. The van der Waals surface area contributed by atoms with Crippen LogP contribution < -0.4 is 10.9 Å². The van der Waals surface area contributed by atoms with E-state index in [1.165, 1.54) is 6.07 Å². The summed E-state index contributed by atoms with van der Waals surface area (Å²) < 4.78 is 0. The average molecular weight is 257 g/mol. The third-order valence-electron chi connectivity index (χ3n) is 2.60. The van der Waals surface area contributed by atoms with Crippen LogP contribution >= 0.6 is 0 Å². The van der Waals surface area contributed by atoms with Crippen LogP contribution in [0.5, 0.6) is 0 Å². The van der Waals surface area contributed by atoms with Crippen LogP contribution in [0.25, 0.3) is 11.3 Å².